The van der Waals surface area contributed by atoms with Crippen LogP contribution in [0.3, 0.4) is 0 Å². The smallest absolute Gasteiger partial charge is 0.189 e. The molecule has 0 bridgehead atoms. The second-order valence-corrected chi connectivity index (χ2v) is 4.73. The Morgan fingerprint density at radius 2 is 2.06 bits per heavy atom. The first-order chi connectivity index (χ1) is 7.84. The van der Waals surface area contributed by atoms with Crippen molar-refractivity contribution in [2.75, 3.05) is 25.0 Å². The lowest BCUT2D eigenvalue weighted by Gasteiger charge is -2.33. The van der Waals surface area contributed by atoms with Gasteiger partial charge in [-0.3, -0.25) is 0 Å². The van der Waals surface area contributed by atoms with E-state index in [1.165, 1.54) is 24.1 Å². The summed E-state index contributed by atoms with van der Waals surface area (Å²) >= 11 is 0. The van der Waals surface area contributed by atoms with Crippen molar-refractivity contribution >= 4 is 11.4 Å². The molecular weight excluding hydrogens is 198 g/mol. The quantitative estimate of drug-likeness (QED) is 0.647. The summed E-state index contributed by atoms with van der Waals surface area (Å²) in [6.45, 7) is 10.3. The summed E-state index contributed by atoms with van der Waals surface area (Å²) in [6.07, 6.45) is 2.40. The number of hydrogen-bond acceptors (Lipinski definition) is 2. The molecule has 3 heteroatoms. The highest BCUT2D eigenvalue weighted by molar-refractivity contribution is 5.67. The highest BCUT2D eigenvalue weighted by atomic mass is 15.0. The minimum absolute atomic E-state index is 0.321. The van der Waals surface area contributed by atoms with Crippen LogP contribution in [-0.4, -0.2) is 19.6 Å². The van der Waals surface area contributed by atoms with Crippen molar-refractivity contribution in [3.05, 3.63) is 35.2 Å². The van der Waals surface area contributed by atoms with Gasteiger partial charge in [-0.2, -0.15) is 0 Å². The number of benzene rings is 1. The molecule has 82 valence electrons. The number of anilines is 1. The Bertz CT molecular complexity index is 453. The molecule has 1 spiro atoms. The maximum Gasteiger partial charge on any atom is 0.189 e. The molecule has 3 rings (SSSR count). The highest BCUT2D eigenvalue weighted by Gasteiger charge is 2.39. The molecule has 2 heterocycles. The fraction of sp³-hybridized carbons (Fsp3) is 0.462. The molecule has 16 heavy (non-hydrogen) atoms. The zero-order valence-electron chi connectivity index (χ0n) is 9.21. The molecule has 2 aliphatic rings. The van der Waals surface area contributed by atoms with Gasteiger partial charge in [-0.05, 0) is 37.6 Å². The highest BCUT2D eigenvalue weighted by Crippen LogP contribution is 2.43. The summed E-state index contributed by atoms with van der Waals surface area (Å²) < 4.78 is 0. The molecule has 2 aliphatic heterocycles. The molecule has 1 aromatic carbocycles. The number of hydrogen-bond donors (Lipinski definition) is 2. The van der Waals surface area contributed by atoms with E-state index in [1.54, 1.807) is 0 Å². The van der Waals surface area contributed by atoms with Crippen molar-refractivity contribution in [1.82, 2.24) is 5.32 Å². The Morgan fingerprint density at radius 3 is 2.81 bits per heavy atom. The number of nitrogens with zero attached hydrogens (tertiary/aromatic N) is 1. The van der Waals surface area contributed by atoms with Crippen LogP contribution in [0, 0.1) is 6.57 Å². The molecule has 0 unspecified atom stereocenters. The average Bonchev–Trinajstić information content (AvgIpc) is 2.69. The van der Waals surface area contributed by atoms with Crippen molar-refractivity contribution in [1.29, 1.82) is 0 Å². The van der Waals surface area contributed by atoms with E-state index in [-0.39, 0.29) is 0 Å². The first-order valence-electron chi connectivity index (χ1n) is 5.81. The van der Waals surface area contributed by atoms with Gasteiger partial charge in [0.05, 0.1) is 6.57 Å². The number of fused-ring (bicyclic) bond motifs is 2. The third-order valence-electron chi connectivity index (χ3n) is 3.88. The van der Waals surface area contributed by atoms with Crippen LogP contribution in [0.2, 0.25) is 0 Å². The van der Waals surface area contributed by atoms with Gasteiger partial charge in [0.1, 0.15) is 0 Å². The first-order valence-corrected chi connectivity index (χ1v) is 5.81. The topological polar surface area (TPSA) is 28.4 Å². The Morgan fingerprint density at radius 1 is 1.25 bits per heavy atom. The van der Waals surface area contributed by atoms with Crippen LogP contribution in [0.5, 0.6) is 0 Å². The van der Waals surface area contributed by atoms with Crippen LogP contribution in [0.25, 0.3) is 4.85 Å². The fourth-order valence-electron chi connectivity index (χ4n) is 2.92. The van der Waals surface area contributed by atoms with Crippen LogP contribution in [-0.2, 0) is 5.41 Å². The van der Waals surface area contributed by atoms with E-state index in [2.05, 4.69) is 21.5 Å². The zero-order chi connectivity index (χ0) is 11.0. The van der Waals surface area contributed by atoms with Crippen molar-refractivity contribution in [3.63, 3.8) is 0 Å². The monoisotopic (exact) mass is 213 g/mol. The maximum absolute atomic E-state index is 7.03. The SMILES string of the molecule is [C-]#[N+]c1ccc2c(c1)NCC21CCNCC1. The Kier molecular flexibility index (Phi) is 2.12. The number of nitrogens with one attached hydrogen (secondary N) is 2. The Hall–Kier alpha value is -1.53. The minimum Gasteiger partial charge on any atom is -0.385 e. The van der Waals surface area contributed by atoms with Gasteiger partial charge in [-0.1, -0.05) is 12.1 Å². The molecule has 0 radical (unpaired) electrons. The van der Waals surface area contributed by atoms with Crippen LogP contribution < -0.4 is 10.6 Å². The van der Waals surface area contributed by atoms with E-state index in [9.17, 15) is 0 Å². The van der Waals surface area contributed by atoms with Crippen molar-refractivity contribution in [2.45, 2.75) is 18.3 Å². The van der Waals surface area contributed by atoms with Crippen LogP contribution >= 0.6 is 0 Å². The average molecular weight is 213 g/mol. The second-order valence-electron chi connectivity index (χ2n) is 4.73. The van der Waals surface area contributed by atoms with Crippen LogP contribution in [0.4, 0.5) is 11.4 Å². The standard InChI is InChI=1S/C13H15N3/c1-14-10-2-3-11-12(8-10)16-9-13(11)4-6-15-7-5-13/h2-3,8,15-16H,4-7,9H2. The molecule has 1 fully saturated rings. The summed E-state index contributed by atoms with van der Waals surface area (Å²) in [6, 6.07) is 6.08. The van der Waals surface area contributed by atoms with Gasteiger partial charge in [-0.25, -0.2) is 4.85 Å². The molecule has 1 saturated heterocycles. The summed E-state index contributed by atoms with van der Waals surface area (Å²) in [5, 5.41) is 6.88. The predicted octanol–water partition coefficient (Wildman–Crippen LogP) is 2.28. The summed E-state index contributed by atoms with van der Waals surface area (Å²) in [7, 11) is 0. The first kappa shape index (κ1) is 9.68. The lowest BCUT2D eigenvalue weighted by Crippen LogP contribution is -2.41. The Labute approximate surface area is 95.7 Å². The molecule has 0 aliphatic carbocycles. The van der Waals surface area contributed by atoms with E-state index < -0.39 is 0 Å². The van der Waals surface area contributed by atoms with E-state index in [0.29, 0.717) is 5.41 Å². The largest absolute Gasteiger partial charge is 0.385 e. The van der Waals surface area contributed by atoms with Crippen molar-refractivity contribution in [3.8, 4) is 0 Å². The third-order valence-corrected chi connectivity index (χ3v) is 3.88. The molecule has 0 saturated carbocycles. The fourth-order valence-corrected chi connectivity index (χ4v) is 2.92. The molecule has 0 aromatic heterocycles. The lowest BCUT2D eigenvalue weighted by molar-refractivity contribution is 0.335. The summed E-state index contributed by atoms with van der Waals surface area (Å²) in [4.78, 5) is 3.48. The molecule has 1 aromatic rings. The lowest BCUT2D eigenvalue weighted by atomic mass is 9.75. The van der Waals surface area contributed by atoms with Crippen LogP contribution in [0.15, 0.2) is 18.2 Å². The van der Waals surface area contributed by atoms with Crippen molar-refractivity contribution in [2.24, 2.45) is 0 Å². The summed E-state index contributed by atoms with van der Waals surface area (Å²) in [5.74, 6) is 0. The second kappa shape index (κ2) is 3.50. The van der Waals surface area contributed by atoms with Gasteiger partial charge in [-0.15, -0.1) is 0 Å². The van der Waals surface area contributed by atoms with Gasteiger partial charge in [0, 0.05) is 17.6 Å². The van der Waals surface area contributed by atoms with Crippen LogP contribution in [0.1, 0.15) is 18.4 Å². The van der Waals surface area contributed by atoms with Crippen molar-refractivity contribution < 1.29 is 0 Å². The number of rotatable bonds is 0. The predicted molar refractivity (Wildman–Crippen MR) is 65.0 cm³/mol. The van der Waals surface area contributed by atoms with Gasteiger partial charge < -0.3 is 10.6 Å². The van der Waals surface area contributed by atoms with Gasteiger partial charge in [0.2, 0.25) is 0 Å². The Balaban J connectivity index is 2.02. The van der Waals surface area contributed by atoms with Gasteiger partial charge >= 0.3 is 0 Å². The molecule has 2 N–H and O–H groups in total. The normalized spacial score (nSPS) is 21.2. The zero-order valence-corrected chi connectivity index (χ0v) is 9.21. The van der Waals surface area contributed by atoms with E-state index in [0.717, 1.165) is 25.3 Å². The van der Waals surface area contributed by atoms with E-state index in [4.69, 9.17) is 6.57 Å². The molecule has 0 atom stereocenters. The van der Waals surface area contributed by atoms with Gasteiger partial charge in [0.25, 0.3) is 0 Å². The molecule has 3 nitrogen and oxygen atoms in total. The molecule has 0 amide bonds. The minimum atomic E-state index is 0.321. The third kappa shape index (κ3) is 1.30. The van der Waals surface area contributed by atoms with Gasteiger partial charge in [0.15, 0.2) is 5.69 Å². The maximum atomic E-state index is 7.03. The van der Waals surface area contributed by atoms with E-state index >= 15 is 0 Å². The van der Waals surface area contributed by atoms with E-state index in [1.807, 2.05) is 12.1 Å². The summed E-state index contributed by atoms with van der Waals surface area (Å²) in [5.41, 5.74) is 3.65. The number of piperidine rings is 1. The molecular formula is C13H15N3.